The lowest BCUT2D eigenvalue weighted by Gasteiger charge is -2.34. The van der Waals surface area contributed by atoms with Crippen LogP contribution in [0.4, 0.5) is 0 Å². The van der Waals surface area contributed by atoms with Crippen LogP contribution in [0.15, 0.2) is 0 Å². The van der Waals surface area contributed by atoms with Gasteiger partial charge in [-0.05, 0) is 62.4 Å². The van der Waals surface area contributed by atoms with E-state index in [1.165, 1.54) is 34.6 Å². The summed E-state index contributed by atoms with van der Waals surface area (Å²) in [6.45, 7) is 19.0. The molecule has 2 rings (SSSR count). The minimum Gasteiger partial charge on any atom is -0.467 e. The molecule has 1 atom stereocenters. The number of esters is 1. The van der Waals surface area contributed by atoms with Crippen LogP contribution in [0.1, 0.15) is 54.7 Å². The van der Waals surface area contributed by atoms with Crippen molar-refractivity contribution in [2.75, 3.05) is 7.11 Å². The van der Waals surface area contributed by atoms with Crippen molar-refractivity contribution in [3.63, 3.8) is 0 Å². The van der Waals surface area contributed by atoms with Gasteiger partial charge in [0, 0.05) is 13.1 Å². The fourth-order valence-corrected chi connectivity index (χ4v) is 6.33. The molecule has 0 radical (unpaired) electrons. The van der Waals surface area contributed by atoms with Gasteiger partial charge in [0.15, 0.2) is 6.10 Å². The zero-order chi connectivity index (χ0) is 19.2. The van der Waals surface area contributed by atoms with Gasteiger partial charge in [-0.15, -0.1) is 0 Å². The first-order valence-electron chi connectivity index (χ1n) is 9.00. The molecule has 4 nitrogen and oxygen atoms in total. The predicted octanol–water partition coefficient (Wildman–Crippen LogP) is 3.48. The molecule has 0 spiro atoms. The van der Waals surface area contributed by atoms with Crippen molar-refractivity contribution in [2.45, 2.75) is 79.1 Å². The highest BCUT2D eigenvalue weighted by Gasteiger charge is 2.37. The number of carbonyl (C=O) groups is 1. The SMILES string of the molecule is COC(=O)C(OC(C)(C)C)c1c(C)c2c(c(C)c1[Si](C)(C)C)CNC2. The van der Waals surface area contributed by atoms with Crippen LogP contribution in [0.2, 0.25) is 19.6 Å². The Kier molecular flexibility index (Phi) is 5.52. The molecule has 0 amide bonds. The van der Waals surface area contributed by atoms with Gasteiger partial charge in [0.25, 0.3) is 0 Å². The quantitative estimate of drug-likeness (QED) is 0.657. The Morgan fingerprint density at radius 3 is 2.04 bits per heavy atom. The van der Waals surface area contributed by atoms with E-state index >= 15 is 0 Å². The lowest BCUT2D eigenvalue weighted by molar-refractivity contribution is -0.164. The van der Waals surface area contributed by atoms with E-state index in [0.29, 0.717) is 0 Å². The summed E-state index contributed by atoms with van der Waals surface area (Å²) in [5, 5.41) is 4.80. The Hall–Kier alpha value is -1.17. The van der Waals surface area contributed by atoms with Crippen LogP contribution in [-0.2, 0) is 27.4 Å². The summed E-state index contributed by atoms with van der Waals surface area (Å²) in [5.41, 5.74) is 5.83. The zero-order valence-electron chi connectivity index (χ0n) is 17.2. The molecule has 25 heavy (non-hydrogen) atoms. The van der Waals surface area contributed by atoms with Gasteiger partial charge in [0.2, 0.25) is 0 Å². The number of hydrogen-bond acceptors (Lipinski definition) is 4. The third-order valence-electron chi connectivity index (χ3n) is 4.82. The minimum absolute atomic E-state index is 0.317. The average molecular weight is 364 g/mol. The molecule has 140 valence electrons. The molecule has 0 aliphatic carbocycles. The molecule has 0 saturated heterocycles. The van der Waals surface area contributed by atoms with Crippen molar-refractivity contribution in [1.29, 1.82) is 0 Å². The Morgan fingerprint density at radius 1 is 1.08 bits per heavy atom. The predicted molar refractivity (Wildman–Crippen MR) is 105 cm³/mol. The van der Waals surface area contributed by atoms with E-state index in [0.717, 1.165) is 18.7 Å². The van der Waals surface area contributed by atoms with Gasteiger partial charge >= 0.3 is 5.97 Å². The summed E-state index contributed by atoms with van der Waals surface area (Å²) in [6, 6.07) is 0. The van der Waals surface area contributed by atoms with Crippen LogP contribution >= 0.6 is 0 Å². The maximum absolute atomic E-state index is 12.7. The molecule has 0 aromatic heterocycles. The van der Waals surface area contributed by atoms with Crippen LogP contribution < -0.4 is 10.5 Å². The molecule has 1 aromatic carbocycles. The van der Waals surface area contributed by atoms with Gasteiger partial charge in [0.05, 0.1) is 20.8 Å². The van der Waals surface area contributed by atoms with Gasteiger partial charge in [0.1, 0.15) is 0 Å². The number of nitrogens with one attached hydrogen (secondary N) is 1. The maximum Gasteiger partial charge on any atom is 0.339 e. The summed E-state index contributed by atoms with van der Waals surface area (Å²) < 4.78 is 11.4. The number of rotatable bonds is 4. The number of fused-ring (bicyclic) bond motifs is 1. The number of methoxy groups -OCH3 is 1. The Morgan fingerprint density at radius 2 is 1.60 bits per heavy atom. The van der Waals surface area contributed by atoms with Crippen molar-refractivity contribution in [3.05, 3.63) is 27.8 Å². The van der Waals surface area contributed by atoms with Gasteiger partial charge in [-0.1, -0.05) is 24.8 Å². The van der Waals surface area contributed by atoms with Crippen molar-refractivity contribution in [3.8, 4) is 0 Å². The summed E-state index contributed by atoms with van der Waals surface area (Å²) >= 11 is 0. The summed E-state index contributed by atoms with van der Waals surface area (Å²) in [6.07, 6.45) is -0.684. The second kappa shape index (κ2) is 6.86. The third kappa shape index (κ3) is 3.99. The zero-order valence-corrected chi connectivity index (χ0v) is 18.2. The molecule has 1 unspecified atom stereocenters. The second-order valence-electron chi connectivity index (χ2n) is 8.98. The molecule has 0 bridgehead atoms. The number of hydrogen-bond donors (Lipinski definition) is 1. The van der Waals surface area contributed by atoms with Crippen LogP contribution in [-0.4, -0.2) is 26.8 Å². The highest BCUT2D eigenvalue weighted by Crippen LogP contribution is 2.34. The van der Waals surface area contributed by atoms with E-state index in [9.17, 15) is 4.79 Å². The van der Waals surface area contributed by atoms with E-state index < -0.39 is 19.8 Å². The average Bonchev–Trinajstić information content (AvgIpc) is 2.95. The highest BCUT2D eigenvalue weighted by atomic mass is 28.3. The fraction of sp³-hybridized carbons (Fsp3) is 0.650. The number of carbonyl (C=O) groups excluding carboxylic acids is 1. The molecule has 1 aliphatic rings. The molecule has 1 aromatic rings. The van der Waals surface area contributed by atoms with Crippen molar-refractivity contribution in [2.24, 2.45) is 0 Å². The number of ether oxygens (including phenoxy) is 2. The first-order valence-corrected chi connectivity index (χ1v) is 12.5. The van der Waals surface area contributed by atoms with Crippen molar-refractivity contribution in [1.82, 2.24) is 5.32 Å². The molecule has 0 saturated carbocycles. The molecule has 5 heteroatoms. The minimum atomic E-state index is -1.71. The highest BCUT2D eigenvalue weighted by molar-refractivity contribution is 6.89. The summed E-state index contributed by atoms with van der Waals surface area (Å²) in [5.74, 6) is -0.317. The largest absolute Gasteiger partial charge is 0.467 e. The van der Waals surface area contributed by atoms with Crippen molar-refractivity contribution >= 4 is 19.2 Å². The molecular weight excluding hydrogens is 330 g/mol. The van der Waals surface area contributed by atoms with E-state index in [1.54, 1.807) is 0 Å². The van der Waals surface area contributed by atoms with E-state index in [2.05, 4.69) is 38.8 Å². The summed E-state index contributed by atoms with van der Waals surface area (Å²) in [4.78, 5) is 12.7. The molecular formula is C20H33NO3Si. The first-order chi connectivity index (χ1) is 11.4. The Labute approximate surface area is 153 Å². The van der Waals surface area contributed by atoms with Crippen LogP contribution in [0.25, 0.3) is 0 Å². The van der Waals surface area contributed by atoms with E-state index in [4.69, 9.17) is 9.47 Å². The van der Waals surface area contributed by atoms with Crippen LogP contribution in [0, 0.1) is 13.8 Å². The topological polar surface area (TPSA) is 47.6 Å². The molecule has 1 heterocycles. The van der Waals surface area contributed by atoms with Gasteiger partial charge in [-0.2, -0.15) is 0 Å². The lowest BCUT2D eigenvalue weighted by atomic mass is 9.91. The lowest BCUT2D eigenvalue weighted by Crippen LogP contribution is -2.46. The van der Waals surface area contributed by atoms with Crippen LogP contribution in [0.3, 0.4) is 0 Å². The van der Waals surface area contributed by atoms with Gasteiger partial charge in [-0.3, -0.25) is 0 Å². The van der Waals surface area contributed by atoms with Crippen molar-refractivity contribution < 1.29 is 14.3 Å². The van der Waals surface area contributed by atoms with Gasteiger partial charge in [-0.25, -0.2) is 4.79 Å². The normalized spacial score (nSPS) is 15.9. The monoisotopic (exact) mass is 363 g/mol. The maximum atomic E-state index is 12.7. The van der Waals surface area contributed by atoms with E-state index in [1.807, 2.05) is 20.8 Å². The smallest absolute Gasteiger partial charge is 0.339 e. The number of benzene rings is 1. The Balaban J connectivity index is 2.81. The first kappa shape index (κ1) is 20.1. The molecule has 1 aliphatic heterocycles. The van der Waals surface area contributed by atoms with E-state index in [-0.39, 0.29) is 5.97 Å². The summed E-state index contributed by atoms with van der Waals surface area (Å²) in [7, 11) is -0.272. The second-order valence-corrected chi connectivity index (χ2v) is 14.0. The third-order valence-corrected chi connectivity index (χ3v) is 6.96. The Bertz CT molecular complexity index is 684. The standard InChI is InChI=1S/C20H33NO3Si/c1-12-14-10-21-11-15(14)13(2)18(25(7,8)9)16(12)17(19(22)23-6)24-20(3,4)5/h17,21H,10-11H2,1-9H3. The molecule has 0 fully saturated rings. The van der Waals surface area contributed by atoms with Gasteiger partial charge < -0.3 is 14.8 Å². The molecule has 1 N–H and O–H groups in total. The fourth-order valence-electron chi connectivity index (χ4n) is 3.93. The van der Waals surface area contributed by atoms with Crippen LogP contribution in [0.5, 0.6) is 0 Å².